The number of halogens is 1. The molecule has 3 aromatic rings. The minimum Gasteiger partial charge on any atom is -0.408 e. The average molecular weight is 781 g/mol. The average Bonchev–Trinajstić information content (AvgIpc) is 3.66. The Hall–Kier alpha value is -1.87. The van der Waals surface area contributed by atoms with Gasteiger partial charge in [-0.3, -0.25) is 27.9 Å². The Morgan fingerprint density at radius 2 is 1.98 bits per heavy atom. The number of ether oxygens (including phenoxy) is 1. The van der Waals surface area contributed by atoms with Gasteiger partial charge in [0.25, 0.3) is 5.56 Å². The van der Waals surface area contributed by atoms with Gasteiger partial charge in [0, 0.05) is 12.0 Å². The molecule has 3 fully saturated rings. The third-order valence-corrected chi connectivity index (χ3v) is 16.9. The number of hydrogen-bond donors (Lipinski definition) is 5. The van der Waals surface area contributed by atoms with Crippen LogP contribution in [0.15, 0.2) is 23.6 Å². The number of nitrogens with two attached hydrogens (primary N) is 1. The van der Waals surface area contributed by atoms with E-state index in [1.165, 1.54) is 17.2 Å². The SMILES string of the molecule is CC(C)(C)[Si](C)(C)O[C@H]1[C@H]2OP(O)(=S)OC[C@H]3C[C@@H](Nc4ncncc4F)C[C@@H]3OP(=O)(S)OC[C@H]1O[C@H]2n1cnc2c(=O)[nH]c(N)nc21. The number of fused-ring (bicyclic) bond motifs is 4. The molecular weight excluding hydrogens is 741 g/mol. The summed E-state index contributed by atoms with van der Waals surface area (Å²) < 4.78 is 66.8. The van der Waals surface area contributed by atoms with Crippen molar-refractivity contribution in [2.75, 3.05) is 24.3 Å². The van der Waals surface area contributed by atoms with Gasteiger partial charge in [0.1, 0.15) is 24.6 Å². The Bertz CT molecular complexity index is 1870. The Morgan fingerprint density at radius 3 is 2.69 bits per heavy atom. The number of thiol groups is 1. The van der Waals surface area contributed by atoms with Gasteiger partial charge in [0.2, 0.25) is 5.95 Å². The quantitative estimate of drug-likeness (QED) is 0.141. The van der Waals surface area contributed by atoms with Crippen molar-refractivity contribution in [1.82, 2.24) is 29.5 Å². The molecule has 49 heavy (non-hydrogen) atoms. The summed E-state index contributed by atoms with van der Waals surface area (Å²) in [5.41, 5.74) is 5.35. The molecule has 2 aliphatic heterocycles. The Kier molecular flexibility index (Phi) is 10.2. The molecule has 2 saturated heterocycles. The predicted octanol–water partition coefficient (Wildman–Crippen LogP) is 3.88. The maximum atomic E-state index is 14.3. The standard InChI is InChI=1S/C26H39FN8O9P2S2Si/c1-26(2,3)49(4,5)44-19-17-10-40-45(37,47)42-16-7-14(32-21-15(27)8-29-11-30-21)6-13(16)9-39-46(38,48)43-20(19)24(41-17)35-12-31-18-22(35)33-25(28)34-23(18)36/h8,11-14,16-17,19-20,24H,6-7,9-10H2,1-5H3,(H,37,47)(H,38,48)(H,29,30,32)(H3,28,33,34,36)/t13-,14-,16+,17-,19-,20-,24-,45?,46?/m1/s1. The van der Waals surface area contributed by atoms with Crippen LogP contribution in [0.2, 0.25) is 18.1 Å². The highest BCUT2D eigenvalue weighted by atomic mass is 32.7. The minimum atomic E-state index is -4.08. The summed E-state index contributed by atoms with van der Waals surface area (Å²) in [4.78, 5) is 42.6. The highest BCUT2D eigenvalue weighted by Gasteiger charge is 2.54. The van der Waals surface area contributed by atoms with Crippen molar-refractivity contribution < 1.29 is 41.1 Å². The van der Waals surface area contributed by atoms with Gasteiger partial charge in [-0.15, -0.1) is 0 Å². The number of aromatic nitrogens is 6. The molecular formula is C26H39FN8O9P2S2Si. The normalized spacial score (nSPS) is 34.6. The number of anilines is 2. The smallest absolute Gasteiger partial charge is 0.386 e. The molecule has 6 rings (SSSR count). The number of rotatable bonds is 5. The summed E-state index contributed by atoms with van der Waals surface area (Å²) >= 11 is 9.83. The first kappa shape index (κ1) is 36.9. The van der Waals surface area contributed by atoms with Crippen molar-refractivity contribution >= 4 is 68.8 Å². The summed E-state index contributed by atoms with van der Waals surface area (Å²) in [7, 11) is -2.60. The zero-order valence-corrected chi connectivity index (χ0v) is 31.8. The fourth-order valence-electron chi connectivity index (χ4n) is 5.83. The molecule has 23 heteroatoms. The second-order valence-electron chi connectivity index (χ2n) is 13.7. The van der Waals surface area contributed by atoms with Crippen LogP contribution in [0.5, 0.6) is 0 Å². The minimum absolute atomic E-state index is 0.00608. The maximum Gasteiger partial charge on any atom is 0.386 e. The van der Waals surface area contributed by atoms with E-state index in [1.54, 1.807) is 0 Å². The fourth-order valence-corrected chi connectivity index (χ4v) is 10.2. The van der Waals surface area contributed by atoms with Crippen LogP contribution in [0.1, 0.15) is 39.8 Å². The highest BCUT2D eigenvalue weighted by molar-refractivity contribution is 8.44. The number of aromatic amines is 1. The van der Waals surface area contributed by atoms with Gasteiger partial charge in [0.15, 0.2) is 37.3 Å². The molecule has 0 spiro atoms. The molecule has 5 N–H and O–H groups in total. The predicted molar refractivity (Wildman–Crippen MR) is 185 cm³/mol. The molecule has 2 bridgehead atoms. The molecule has 17 nitrogen and oxygen atoms in total. The van der Waals surface area contributed by atoms with Crippen molar-refractivity contribution in [3.8, 4) is 0 Å². The van der Waals surface area contributed by atoms with Crippen molar-refractivity contribution in [2.45, 2.75) is 88.4 Å². The molecule has 270 valence electrons. The first-order chi connectivity index (χ1) is 22.8. The van der Waals surface area contributed by atoms with E-state index in [1.807, 2.05) is 33.9 Å². The lowest BCUT2D eigenvalue weighted by Gasteiger charge is -2.40. The van der Waals surface area contributed by atoms with E-state index < -0.39 is 69.8 Å². The molecule has 0 amide bonds. The monoisotopic (exact) mass is 780 g/mol. The maximum absolute atomic E-state index is 14.3. The lowest BCUT2D eigenvalue weighted by Crippen LogP contribution is -2.50. The Labute approximate surface area is 292 Å². The summed E-state index contributed by atoms with van der Waals surface area (Å²) in [6, 6.07) is -0.384. The molecule has 9 atom stereocenters. The molecule has 1 saturated carbocycles. The van der Waals surface area contributed by atoms with Crippen LogP contribution in [0, 0.1) is 11.7 Å². The first-order valence-corrected chi connectivity index (χ1v) is 23.6. The van der Waals surface area contributed by atoms with Crippen LogP contribution in [-0.4, -0.2) is 86.4 Å². The number of nitrogen functional groups attached to an aromatic ring is 1. The van der Waals surface area contributed by atoms with Crippen molar-refractivity contribution in [1.29, 1.82) is 0 Å². The highest BCUT2D eigenvalue weighted by Crippen LogP contribution is 2.59. The third-order valence-electron chi connectivity index (χ3n) is 9.26. The summed E-state index contributed by atoms with van der Waals surface area (Å²) in [5, 5.41) is 2.75. The molecule has 0 radical (unpaired) electrons. The van der Waals surface area contributed by atoms with Gasteiger partial charge in [-0.2, -0.15) is 4.98 Å². The van der Waals surface area contributed by atoms with E-state index in [9.17, 15) is 18.6 Å². The van der Waals surface area contributed by atoms with Crippen LogP contribution >= 0.6 is 25.8 Å². The van der Waals surface area contributed by atoms with Crippen LogP contribution < -0.4 is 16.6 Å². The van der Waals surface area contributed by atoms with Gasteiger partial charge in [0.05, 0.1) is 31.8 Å². The molecule has 3 aliphatic rings. The molecule has 0 aromatic carbocycles. The van der Waals surface area contributed by atoms with Gasteiger partial charge in [-0.25, -0.2) is 23.9 Å². The van der Waals surface area contributed by atoms with E-state index in [4.69, 9.17) is 44.8 Å². The number of imidazole rings is 1. The van der Waals surface area contributed by atoms with Crippen LogP contribution in [0.4, 0.5) is 16.2 Å². The summed E-state index contributed by atoms with van der Waals surface area (Å²) in [5.74, 6) is -1.30. The van der Waals surface area contributed by atoms with Gasteiger partial charge < -0.3 is 29.6 Å². The van der Waals surface area contributed by atoms with Gasteiger partial charge >= 0.3 is 13.5 Å². The number of hydrogen-bond acceptors (Lipinski definition) is 15. The van der Waals surface area contributed by atoms with Crippen LogP contribution in [0.25, 0.3) is 11.2 Å². The first-order valence-electron chi connectivity index (χ1n) is 15.4. The molecule has 2 unspecified atom stereocenters. The third kappa shape index (κ3) is 7.97. The Morgan fingerprint density at radius 1 is 1.22 bits per heavy atom. The van der Waals surface area contributed by atoms with Crippen molar-refractivity contribution in [3.05, 3.63) is 35.0 Å². The van der Waals surface area contributed by atoms with E-state index in [0.29, 0.717) is 6.42 Å². The van der Waals surface area contributed by atoms with E-state index in [2.05, 4.69) is 42.5 Å². The number of nitrogens with zero attached hydrogens (tertiary/aromatic N) is 5. The second-order valence-corrected chi connectivity index (χ2v) is 24.1. The second kappa shape index (κ2) is 13.6. The molecule has 3 aromatic heterocycles. The zero-order valence-electron chi connectivity index (χ0n) is 27.3. The lowest BCUT2D eigenvalue weighted by molar-refractivity contribution is -0.0492. The summed E-state index contributed by atoms with van der Waals surface area (Å²) in [6.45, 7) is 1.53. The summed E-state index contributed by atoms with van der Waals surface area (Å²) in [6.07, 6.45) is -0.807. The molecule has 1 aliphatic carbocycles. The van der Waals surface area contributed by atoms with Crippen LogP contribution in [0.3, 0.4) is 0 Å². The lowest BCUT2D eigenvalue weighted by atomic mass is 10.1. The van der Waals surface area contributed by atoms with E-state index in [0.717, 1.165) is 6.20 Å². The van der Waals surface area contributed by atoms with Crippen molar-refractivity contribution in [3.63, 3.8) is 0 Å². The van der Waals surface area contributed by atoms with Gasteiger partial charge in [-0.05, 0) is 42.8 Å². The largest absolute Gasteiger partial charge is 0.408 e. The van der Waals surface area contributed by atoms with Crippen molar-refractivity contribution in [2.24, 2.45) is 5.92 Å². The van der Waals surface area contributed by atoms with Gasteiger partial charge in [-0.1, -0.05) is 33.0 Å². The van der Waals surface area contributed by atoms with Crippen LogP contribution in [-0.2, 0) is 43.6 Å². The molecule has 5 heterocycles. The number of nitrogens with one attached hydrogen (secondary N) is 2. The fraction of sp³-hybridized carbons (Fsp3) is 0.654. The Balaban J connectivity index is 1.36. The zero-order chi connectivity index (χ0) is 35.5. The van der Waals surface area contributed by atoms with E-state index in [-0.39, 0.29) is 53.6 Å². The topological polar surface area (TPSA) is 220 Å². The number of H-pyrrole nitrogens is 1. The van der Waals surface area contributed by atoms with E-state index >= 15 is 0 Å².